The molecular formula is C17H17IN2O3S. The van der Waals surface area contributed by atoms with Gasteiger partial charge in [0, 0.05) is 15.8 Å². The van der Waals surface area contributed by atoms with Crippen LogP contribution in [0.25, 0.3) is 0 Å². The Labute approximate surface area is 155 Å². The SMILES string of the molecule is C=CCNS(=O)(=O)Cc1ccc(NC(=O)c2ccccc2I)cc1. The van der Waals surface area contributed by atoms with Gasteiger partial charge in [0.2, 0.25) is 10.0 Å². The van der Waals surface area contributed by atoms with Gasteiger partial charge < -0.3 is 5.32 Å². The molecule has 0 spiro atoms. The van der Waals surface area contributed by atoms with Crippen molar-refractivity contribution in [3.63, 3.8) is 0 Å². The maximum atomic E-state index is 12.2. The van der Waals surface area contributed by atoms with E-state index in [1.165, 1.54) is 6.08 Å². The normalized spacial score (nSPS) is 11.0. The third-order valence-electron chi connectivity index (χ3n) is 3.13. The van der Waals surface area contributed by atoms with E-state index >= 15 is 0 Å². The van der Waals surface area contributed by atoms with Gasteiger partial charge in [0.1, 0.15) is 0 Å². The molecule has 2 rings (SSSR count). The van der Waals surface area contributed by atoms with Gasteiger partial charge in [0.05, 0.1) is 11.3 Å². The van der Waals surface area contributed by atoms with Crippen LogP contribution in [0.1, 0.15) is 15.9 Å². The summed E-state index contributed by atoms with van der Waals surface area (Å²) in [4.78, 5) is 12.2. The number of rotatable bonds is 7. The fraction of sp³-hybridized carbons (Fsp3) is 0.118. The lowest BCUT2D eigenvalue weighted by atomic mass is 10.2. The minimum atomic E-state index is -3.39. The Morgan fingerprint density at radius 1 is 1.12 bits per heavy atom. The minimum absolute atomic E-state index is 0.119. The molecule has 0 unspecified atom stereocenters. The Morgan fingerprint density at radius 2 is 1.79 bits per heavy atom. The first kappa shape index (κ1) is 18.6. The van der Waals surface area contributed by atoms with E-state index in [0.717, 1.165) is 3.57 Å². The Kier molecular flexibility index (Phi) is 6.52. The summed E-state index contributed by atoms with van der Waals surface area (Å²) >= 11 is 2.11. The van der Waals surface area contributed by atoms with Crippen molar-refractivity contribution in [3.8, 4) is 0 Å². The lowest BCUT2D eigenvalue weighted by Crippen LogP contribution is -2.25. The average molecular weight is 456 g/mol. The number of anilines is 1. The van der Waals surface area contributed by atoms with E-state index in [1.54, 1.807) is 36.4 Å². The van der Waals surface area contributed by atoms with E-state index in [4.69, 9.17) is 0 Å². The molecule has 0 aliphatic carbocycles. The molecule has 2 N–H and O–H groups in total. The fourth-order valence-electron chi connectivity index (χ4n) is 1.98. The molecule has 0 atom stereocenters. The van der Waals surface area contributed by atoms with E-state index < -0.39 is 10.0 Å². The molecule has 2 aromatic rings. The summed E-state index contributed by atoms with van der Waals surface area (Å²) in [7, 11) is -3.39. The van der Waals surface area contributed by atoms with Crippen LogP contribution in [-0.4, -0.2) is 20.9 Å². The second-order valence-electron chi connectivity index (χ2n) is 5.03. The van der Waals surface area contributed by atoms with E-state index in [0.29, 0.717) is 16.8 Å². The third kappa shape index (κ3) is 5.43. The van der Waals surface area contributed by atoms with Crippen LogP contribution in [0.4, 0.5) is 5.69 Å². The highest BCUT2D eigenvalue weighted by molar-refractivity contribution is 14.1. The maximum Gasteiger partial charge on any atom is 0.256 e. The van der Waals surface area contributed by atoms with Crippen molar-refractivity contribution in [2.45, 2.75) is 5.75 Å². The second-order valence-corrected chi connectivity index (χ2v) is 8.00. The quantitative estimate of drug-likeness (QED) is 0.497. The van der Waals surface area contributed by atoms with Crippen LogP contribution in [0.15, 0.2) is 61.2 Å². The molecular weight excluding hydrogens is 439 g/mol. The van der Waals surface area contributed by atoms with Crippen molar-refractivity contribution >= 4 is 44.2 Å². The van der Waals surface area contributed by atoms with Gasteiger partial charge in [-0.05, 0) is 52.4 Å². The van der Waals surface area contributed by atoms with Crippen LogP contribution in [0.2, 0.25) is 0 Å². The van der Waals surface area contributed by atoms with Crippen LogP contribution in [-0.2, 0) is 15.8 Å². The zero-order chi connectivity index (χ0) is 17.6. The average Bonchev–Trinajstić information content (AvgIpc) is 2.55. The summed E-state index contributed by atoms with van der Waals surface area (Å²) in [6.45, 7) is 3.67. The van der Waals surface area contributed by atoms with Gasteiger partial charge >= 0.3 is 0 Å². The van der Waals surface area contributed by atoms with Gasteiger partial charge in [-0.3, -0.25) is 4.79 Å². The summed E-state index contributed by atoms with van der Waals surface area (Å²) in [5, 5.41) is 2.80. The Hall–Kier alpha value is -1.71. The first-order chi connectivity index (χ1) is 11.4. The zero-order valence-electron chi connectivity index (χ0n) is 12.8. The van der Waals surface area contributed by atoms with Crippen molar-refractivity contribution in [2.75, 3.05) is 11.9 Å². The van der Waals surface area contributed by atoms with Gasteiger partial charge in [-0.1, -0.05) is 30.3 Å². The monoisotopic (exact) mass is 456 g/mol. The molecule has 0 aromatic heterocycles. The second kappa shape index (κ2) is 8.41. The van der Waals surface area contributed by atoms with E-state index in [2.05, 4.69) is 39.2 Å². The van der Waals surface area contributed by atoms with Gasteiger partial charge in [0.25, 0.3) is 5.91 Å². The molecule has 0 radical (unpaired) electrons. The topological polar surface area (TPSA) is 75.3 Å². The highest BCUT2D eigenvalue weighted by Crippen LogP contribution is 2.16. The van der Waals surface area contributed by atoms with E-state index in [1.807, 2.05) is 12.1 Å². The standard InChI is InChI=1S/C17H17IN2O3S/c1-2-11-19-24(22,23)12-13-7-9-14(10-8-13)20-17(21)15-5-3-4-6-16(15)18/h2-10,19H,1,11-12H2,(H,20,21). The van der Waals surface area contributed by atoms with Gasteiger partial charge in [-0.2, -0.15) is 0 Å². The Balaban J connectivity index is 2.03. The number of halogens is 1. The van der Waals surface area contributed by atoms with E-state index in [9.17, 15) is 13.2 Å². The molecule has 0 saturated carbocycles. The van der Waals surface area contributed by atoms with Gasteiger partial charge in [0.15, 0.2) is 0 Å². The summed E-state index contributed by atoms with van der Waals surface area (Å²) in [5.41, 5.74) is 1.84. The summed E-state index contributed by atoms with van der Waals surface area (Å²) in [5.74, 6) is -0.320. The first-order valence-corrected chi connectivity index (χ1v) is 9.87. The number of sulfonamides is 1. The predicted molar refractivity (Wildman–Crippen MR) is 104 cm³/mol. The molecule has 0 fully saturated rings. The highest BCUT2D eigenvalue weighted by atomic mass is 127. The smallest absolute Gasteiger partial charge is 0.256 e. The number of carbonyl (C=O) groups excluding carboxylic acids is 1. The Bertz CT molecular complexity index is 833. The Morgan fingerprint density at radius 3 is 2.42 bits per heavy atom. The largest absolute Gasteiger partial charge is 0.322 e. The number of hydrogen-bond donors (Lipinski definition) is 2. The summed E-state index contributed by atoms with van der Waals surface area (Å²) in [6.07, 6.45) is 1.49. The highest BCUT2D eigenvalue weighted by Gasteiger charge is 2.12. The minimum Gasteiger partial charge on any atom is -0.322 e. The van der Waals surface area contributed by atoms with Gasteiger partial charge in [-0.15, -0.1) is 6.58 Å². The summed E-state index contributed by atoms with van der Waals surface area (Å²) in [6, 6.07) is 14.0. The van der Waals surface area contributed by atoms with E-state index in [-0.39, 0.29) is 18.2 Å². The van der Waals surface area contributed by atoms with Crippen LogP contribution in [0.3, 0.4) is 0 Å². The molecule has 5 nitrogen and oxygen atoms in total. The molecule has 1 amide bonds. The zero-order valence-corrected chi connectivity index (χ0v) is 15.8. The van der Waals surface area contributed by atoms with Crippen molar-refractivity contribution in [1.29, 1.82) is 0 Å². The molecule has 2 aromatic carbocycles. The number of nitrogens with one attached hydrogen (secondary N) is 2. The first-order valence-electron chi connectivity index (χ1n) is 7.14. The lowest BCUT2D eigenvalue weighted by molar-refractivity contribution is 0.102. The molecule has 0 aliphatic heterocycles. The van der Waals surface area contributed by atoms with Crippen molar-refractivity contribution in [3.05, 3.63) is 75.9 Å². The molecule has 0 bridgehead atoms. The molecule has 126 valence electrons. The lowest BCUT2D eigenvalue weighted by Gasteiger charge is -2.08. The van der Waals surface area contributed by atoms with Crippen LogP contribution in [0, 0.1) is 3.57 Å². The van der Waals surface area contributed by atoms with Crippen LogP contribution < -0.4 is 10.0 Å². The molecule has 0 aliphatic rings. The van der Waals surface area contributed by atoms with Crippen LogP contribution >= 0.6 is 22.6 Å². The van der Waals surface area contributed by atoms with Gasteiger partial charge in [-0.25, -0.2) is 13.1 Å². The van der Waals surface area contributed by atoms with Crippen molar-refractivity contribution in [1.82, 2.24) is 4.72 Å². The molecule has 7 heteroatoms. The number of carbonyl (C=O) groups is 1. The predicted octanol–water partition coefficient (Wildman–Crippen LogP) is 3.15. The van der Waals surface area contributed by atoms with Crippen LogP contribution in [0.5, 0.6) is 0 Å². The molecule has 24 heavy (non-hydrogen) atoms. The molecule has 0 saturated heterocycles. The maximum absolute atomic E-state index is 12.2. The third-order valence-corrected chi connectivity index (χ3v) is 5.40. The fourth-order valence-corrected chi connectivity index (χ4v) is 3.72. The number of amides is 1. The summed E-state index contributed by atoms with van der Waals surface area (Å²) < 4.78 is 26.9. The van der Waals surface area contributed by atoms with Crippen molar-refractivity contribution in [2.24, 2.45) is 0 Å². The number of hydrogen-bond acceptors (Lipinski definition) is 3. The molecule has 0 heterocycles. The van der Waals surface area contributed by atoms with Crippen molar-refractivity contribution < 1.29 is 13.2 Å². The number of benzene rings is 2.